The number of hydrogen-bond donors (Lipinski definition) is 2. The predicted octanol–water partition coefficient (Wildman–Crippen LogP) is 4.38. The van der Waals surface area contributed by atoms with E-state index in [1.54, 1.807) is 9.91 Å². The third kappa shape index (κ3) is 5.83. The second kappa shape index (κ2) is 12.4. The molecule has 4 amide bonds. The lowest BCUT2D eigenvalue weighted by Crippen LogP contribution is -2.66. The predicted molar refractivity (Wildman–Crippen MR) is 171 cm³/mol. The zero-order valence-corrected chi connectivity index (χ0v) is 25.1. The number of carbonyl (C=O) groups excluding carboxylic acids is 3. The van der Waals surface area contributed by atoms with E-state index in [4.69, 9.17) is 5.73 Å². The van der Waals surface area contributed by atoms with Gasteiger partial charge < -0.3 is 20.9 Å². The average molecular weight is 591 g/mol. The van der Waals surface area contributed by atoms with Crippen LogP contribution in [-0.2, 0) is 29.1 Å². The molecule has 2 fully saturated rings. The van der Waals surface area contributed by atoms with Crippen LogP contribution in [0.25, 0.3) is 10.8 Å². The fourth-order valence-corrected chi connectivity index (χ4v) is 6.38. The molecule has 2 aliphatic rings. The fourth-order valence-electron chi connectivity index (χ4n) is 6.38. The highest BCUT2D eigenvalue weighted by Gasteiger charge is 2.52. The number of anilines is 1. The Labute approximate surface area is 257 Å². The first-order valence-electron chi connectivity index (χ1n) is 15.1. The van der Waals surface area contributed by atoms with E-state index < -0.39 is 12.2 Å². The van der Waals surface area contributed by atoms with Crippen LogP contribution < -0.4 is 11.1 Å². The van der Waals surface area contributed by atoms with E-state index in [0.717, 1.165) is 27.5 Å². The summed E-state index contributed by atoms with van der Waals surface area (Å²) >= 11 is 0. The van der Waals surface area contributed by atoms with Crippen LogP contribution in [0.15, 0.2) is 97.1 Å². The van der Waals surface area contributed by atoms with E-state index in [2.05, 4.69) is 23.5 Å². The summed E-state index contributed by atoms with van der Waals surface area (Å²) in [5, 5.41) is 8.69. The molecule has 0 unspecified atom stereocenters. The molecule has 2 aliphatic heterocycles. The lowest BCUT2D eigenvalue weighted by Gasteiger charge is -2.47. The van der Waals surface area contributed by atoms with Gasteiger partial charge in [-0.2, -0.15) is 5.01 Å². The van der Waals surface area contributed by atoms with Crippen molar-refractivity contribution in [2.24, 2.45) is 0 Å². The van der Waals surface area contributed by atoms with E-state index in [9.17, 15) is 14.4 Å². The molecule has 2 heterocycles. The lowest BCUT2D eigenvalue weighted by molar-refractivity contribution is -0.158. The second-order valence-corrected chi connectivity index (χ2v) is 11.8. The Morgan fingerprint density at radius 2 is 1.61 bits per heavy atom. The quantitative estimate of drug-likeness (QED) is 0.297. The Morgan fingerprint density at radius 1 is 0.909 bits per heavy atom. The molecular formula is C35H38N6O3. The minimum atomic E-state index is -0.716. The molecule has 2 atom stereocenters. The maximum atomic E-state index is 14.2. The molecule has 2 saturated heterocycles. The van der Waals surface area contributed by atoms with E-state index in [1.807, 2.05) is 103 Å². The summed E-state index contributed by atoms with van der Waals surface area (Å²) < 4.78 is 0. The first-order chi connectivity index (χ1) is 21.3. The normalized spacial score (nSPS) is 18.6. The average Bonchev–Trinajstić information content (AvgIpc) is 3.34. The molecule has 6 rings (SSSR count). The molecular weight excluding hydrogens is 552 g/mol. The zero-order valence-electron chi connectivity index (χ0n) is 25.1. The molecule has 0 bridgehead atoms. The Balaban J connectivity index is 1.32. The molecule has 9 heteroatoms. The van der Waals surface area contributed by atoms with Gasteiger partial charge in [-0.25, -0.2) is 4.79 Å². The number of piperazine rings is 1. The van der Waals surface area contributed by atoms with Gasteiger partial charge in [0.2, 0.25) is 11.8 Å². The van der Waals surface area contributed by atoms with E-state index in [1.165, 1.54) is 0 Å². The highest BCUT2D eigenvalue weighted by Crippen LogP contribution is 2.32. The van der Waals surface area contributed by atoms with Gasteiger partial charge >= 0.3 is 6.03 Å². The van der Waals surface area contributed by atoms with E-state index >= 15 is 0 Å². The highest BCUT2D eigenvalue weighted by molar-refractivity contribution is 5.92. The molecule has 0 aliphatic carbocycles. The topological polar surface area (TPSA) is 102 Å². The molecule has 9 nitrogen and oxygen atoms in total. The van der Waals surface area contributed by atoms with Gasteiger partial charge in [0.1, 0.15) is 12.2 Å². The number of hydrogen-bond acceptors (Lipinski definition) is 5. The molecule has 3 N–H and O–H groups in total. The van der Waals surface area contributed by atoms with Gasteiger partial charge in [-0.15, -0.1) is 0 Å². The van der Waals surface area contributed by atoms with Gasteiger partial charge in [0.15, 0.2) is 0 Å². The van der Waals surface area contributed by atoms with Gasteiger partial charge in [-0.1, -0.05) is 84.9 Å². The third-order valence-electron chi connectivity index (χ3n) is 8.48. The van der Waals surface area contributed by atoms with Crippen molar-refractivity contribution in [2.75, 3.05) is 18.8 Å². The van der Waals surface area contributed by atoms with Gasteiger partial charge in [0.05, 0.1) is 13.1 Å². The summed E-state index contributed by atoms with van der Waals surface area (Å²) in [5.74, 6) is -0.277. The van der Waals surface area contributed by atoms with Crippen molar-refractivity contribution in [1.29, 1.82) is 0 Å². The van der Waals surface area contributed by atoms with Crippen LogP contribution >= 0.6 is 0 Å². The SMILES string of the molecule is CC(C)N(C(=O)NCc1ccccc1)N1CC(=O)N2[C@@H](Cc3ccc(N)cc3)C(=O)N(Cc3cccc4ccccc34)C[C@@H]21. The number of carbonyl (C=O) groups is 3. The van der Waals surface area contributed by atoms with Crippen LogP contribution in [0.5, 0.6) is 0 Å². The smallest absolute Gasteiger partial charge is 0.332 e. The monoisotopic (exact) mass is 590 g/mol. The van der Waals surface area contributed by atoms with Gasteiger partial charge in [0, 0.05) is 31.2 Å². The molecule has 226 valence electrons. The number of benzene rings is 4. The Hall–Kier alpha value is -4.89. The summed E-state index contributed by atoms with van der Waals surface area (Å²) in [6, 6.07) is 30.2. The Morgan fingerprint density at radius 3 is 2.36 bits per heavy atom. The largest absolute Gasteiger partial charge is 0.399 e. The maximum absolute atomic E-state index is 14.2. The molecule has 0 aromatic heterocycles. The summed E-state index contributed by atoms with van der Waals surface area (Å²) in [6.45, 7) is 4.92. The van der Waals surface area contributed by atoms with Crippen molar-refractivity contribution in [3.05, 3.63) is 114 Å². The number of nitrogens with zero attached hydrogens (tertiary/aromatic N) is 4. The summed E-state index contributed by atoms with van der Waals surface area (Å²) in [6.07, 6.45) is -0.151. The van der Waals surface area contributed by atoms with Crippen molar-refractivity contribution in [1.82, 2.24) is 25.1 Å². The van der Waals surface area contributed by atoms with Crippen molar-refractivity contribution in [3.8, 4) is 0 Å². The van der Waals surface area contributed by atoms with Crippen molar-refractivity contribution >= 4 is 34.3 Å². The standard InChI is InChI=1S/C35H38N6O3/c1-24(2)41(35(44)37-20-26-9-4-3-5-10-26)39-23-33(42)40-31(19-25-15-17-29(36)18-16-25)34(43)38(22-32(39)40)21-28-13-8-12-27-11-6-7-14-30(27)28/h3-18,24,31-32H,19-23,36H2,1-2H3,(H,37,44)/t31-,32+/m0/s1. The number of fused-ring (bicyclic) bond motifs is 2. The van der Waals surface area contributed by atoms with Crippen LogP contribution in [0.1, 0.15) is 30.5 Å². The van der Waals surface area contributed by atoms with Crippen LogP contribution in [0.4, 0.5) is 10.5 Å². The fraction of sp³-hybridized carbons (Fsp3) is 0.286. The summed E-state index contributed by atoms with van der Waals surface area (Å²) in [7, 11) is 0. The molecule has 4 aromatic carbocycles. The molecule has 0 radical (unpaired) electrons. The van der Waals surface area contributed by atoms with Crippen LogP contribution in [0.3, 0.4) is 0 Å². The third-order valence-corrected chi connectivity index (χ3v) is 8.48. The number of hydrazine groups is 1. The van der Waals surface area contributed by atoms with Gasteiger partial charge in [-0.05, 0) is 53.4 Å². The van der Waals surface area contributed by atoms with Crippen molar-refractivity contribution < 1.29 is 14.4 Å². The minimum Gasteiger partial charge on any atom is -0.399 e. The zero-order chi connectivity index (χ0) is 30.8. The Bertz CT molecular complexity index is 1650. The first kappa shape index (κ1) is 29.2. The number of urea groups is 1. The number of nitrogens with one attached hydrogen (secondary N) is 1. The highest BCUT2D eigenvalue weighted by atomic mass is 16.2. The van der Waals surface area contributed by atoms with Crippen LogP contribution in [0.2, 0.25) is 0 Å². The molecule has 0 saturated carbocycles. The maximum Gasteiger partial charge on any atom is 0.332 e. The van der Waals surface area contributed by atoms with Crippen molar-refractivity contribution in [3.63, 3.8) is 0 Å². The second-order valence-electron chi connectivity index (χ2n) is 11.8. The van der Waals surface area contributed by atoms with E-state index in [-0.39, 0.29) is 37.0 Å². The van der Waals surface area contributed by atoms with Crippen LogP contribution in [-0.4, -0.2) is 69.0 Å². The van der Waals surface area contributed by atoms with Crippen molar-refractivity contribution in [2.45, 2.75) is 51.6 Å². The molecule has 0 spiro atoms. The number of nitrogen functional groups attached to an aromatic ring is 1. The number of nitrogens with two attached hydrogens (primary N) is 1. The molecule has 4 aromatic rings. The minimum absolute atomic E-state index is 0.00916. The van der Waals surface area contributed by atoms with Gasteiger partial charge in [0.25, 0.3) is 0 Å². The Kier molecular flexibility index (Phi) is 8.21. The summed E-state index contributed by atoms with van der Waals surface area (Å²) in [4.78, 5) is 45.1. The molecule has 44 heavy (non-hydrogen) atoms. The number of amides is 4. The van der Waals surface area contributed by atoms with Gasteiger partial charge in [-0.3, -0.25) is 14.6 Å². The first-order valence-corrected chi connectivity index (χ1v) is 15.1. The van der Waals surface area contributed by atoms with E-state index in [0.29, 0.717) is 25.2 Å². The summed E-state index contributed by atoms with van der Waals surface area (Å²) in [5.41, 5.74) is 9.50. The lowest BCUT2D eigenvalue weighted by atomic mass is 9.99. The number of rotatable bonds is 8. The van der Waals surface area contributed by atoms with Crippen LogP contribution in [0, 0.1) is 0 Å².